The van der Waals surface area contributed by atoms with Gasteiger partial charge in [-0.25, -0.2) is 0 Å². The van der Waals surface area contributed by atoms with Gasteiger partial charge in [-0.15, -0.1) is 5.10 Å². The first-order valence-corrected chi connectivity index (χ1v) is 8.40. The first kappa shape index (κ1) is 18.9. The Morgan fingerprint density at radius 3 is 2.52 bits per heavy atom. The molecule has 27 heavy (non-hydrogen) atoms. The minimum absolute atomic E-state index is 0.314. The monoisotopic (exact) mass is 393 g/mol. The highest BCUT2D eigenvalue weighted by molar-refractivity contribution is 6.30. The highest BCUT2D eigenvalue weighted by atomic mass is 35.5. The normalized spacial score (nSPS) is 11.3. The van der Waals surface area contributed by atoms with E-state index >= 15 is 0 Å². The van der Waals surface area contributed by atoms with E-state index in [1.807, 2.05) is 24.3 Å². The minimum atomic E-state index is -4.37. The average Bonchev–Trinajstić information content (AvgIpc) is 2.62. The summed E-state index contributed by atoms with van der Waals surface area (Å²) in [5.74, 6) is 0.684. The largest absolute Gasteiger partial charge is 0.416 e. The van der Waals surface area contributed by atoms with Gasteiger partial charge in [0.2, 0.25) is 5.95 Å². The number of aromatic nitrogens is 3. The van der Waals surface area contributed by atoms with Crippen LogP contribution in [0.25, 0.3) is 0 Å². The van der Waals surface area contributed by atoms with Crippen molar-refractivity contribution in [2.45, 2.75) is 12.6 Å². The molecule has 0 saturated heterocycles. The fourth-order valence-electron chi connectivity index (χ4n) is 2.34. The van der Waals surface area contributed by atoms with Crippen LogP contribution in [0.5, 0.6) is 0 Å². The molecule has 140 valence electrons. The molecular weight excluding hydrogens is 379 g/mol. The number of halogens is 4. The first-order chi connectivity index (χ1) is 12.9. The van der Waals surface area contributed by atoms with Crippen LogP contribution in [0.1, 0.15) is 11.1 Å². The fraction of sp³-hybridized carbons (Fsp3) is 0.167. The predicted octanol–water partition coefficient (Wildman–Crippen LogP) is 4.94. The van der Waals surface area contributed by atoms with Gasteiger partial charge in [-0.3, -0.25) is 0 Å². The highest BCUT2D eigenvalue weighted by Gasteiger charge is 2.29. The number of nitrogens with one attached hydrogen (secondary N) is 2. The molecule has 1 aromatic heterocycles. The van der Waals surface area contributed by atoms with E-state index < -0.39 is 11.7 Å². The van der Waals surface area contributed by atoms with Crippen LogP contribution in [0.15, 0.2) is 54.7 Å². The number of rotatable bonds is 6. The summed E-state index contributed by atoms with van der Waals surface area (Å²) in [7, 11) is 0. The van der Waals surface area contributed by atoms with Gasteiger partial charge in [-0.2, -0.15) is 23.3 Å². The Bertz CT molecular complexity index is 900. The first-order valence-electron chi connectivity index (χ1n) is 8.02. The van der Waals surface area contributed by atoms with E-state index in [2.05, 4.69) is 25.8 Å². The molecule has 0 radical (unpaired) electrons. The van der Waals surface area contributed by atoms with Gasteiger partial charge in [0.15, 0.2) is 5.82 Å². The van der Waals surface area contributed by atoms with Gasteiger partial charge in [0.1, 0.15) is 0 Å². The van der Waals surface area contributed by atoms with Gasteiger partial charge in [-0.05, 0) is 48.4 Å². The number of anilines is 3. The zero-order valence-corrected chi connectivity index (χ0v) is 14.7. The van der Waals surface area contributed by atoms with Crippen molar-refractivity contribution in [3.63, 3.8) is 0 Å². The van der Waals surface area contributed by atoms with Crippen molar-refractivity contribution in [1.82, 2.24) is 15.2 Å². The van der Waals surface area contributed by atoms with E-state index in [-0.39, 0.29) is 0 Å². The maximum absolute atomic E-state index is 12.6. The summed E-state index contributed by atoms with van der Waals surface area (Å²) < 4.78 is 37.8. The summed E-state index contributed by atoms with van der Waals surface area (Å²) >= 11 is 5.95. The molecule has 0 bridgehead atoms. The minimum Gasteiger partial charge on any atom is -0.353 e. The van der Waals surface area contributed by atoms with Crippen LogP contribution in [-0.4, -0.2) is 21.7 Å². The van der Waals surface area contributed by atoms with Gasteiger partial charge < -0.3 is 10.6 Å². The standard InChI is InChI=1S/C18H15ClF3N5/c19-14-3-1-2-12(10-14)8-9-23-17-26-16(11-24-27-17)25-15-6-4-13(5-7-15)18(20,21)22/h1-7,10-11H,8-9H2,(H2,23,25,26,27). The molecule has 0 aliphatic heterocycles. The van der Waals surface area contributed by atoms with Crippen molar-refractivity contribution >= 4 is 29.1 Å². The molecule has 3 aromatic rings. The molecule has 0 unspecified atom stereocenters. The molecule has 0 saturated carbocycles. The topological polar surface area (TPSA) is 62.7 Å². The Balaban J connectivity index is 1.58. The van der Waals surface area contributed by atoms with E-state index in [1.54, 1.807) is 0 Å². The lowest BCUT2D eigenvalue weighted by atomic mass is 10.1. The number of alkyl halides is 3. The van der Waals surface area contributed by atoms with Gasteiger partial charge in [-0.1, -0.05) is 23.7 Å². The van der Waals surface area contributed by atoms with Gasteiger partial charge >= 0.3 is 6.18 Å². The van der Waals surface area contributed by atoms with Crippen molar-refractivity contribution in [2.75, 3.05) is 17.2 Å². The molecule has 9 heteroatoms. The number of benzene rings is 2. The quantitative estimate of drug-likeness (QED) is 0.621. The van der Waals surface area contributed by atoms with Crippen molar-refractivity contribution in [3.8, 4) is 0 Å². The highest BCUT2D eigenvalue weighted by Crippen LogP contribution is 2.30. The Labute approximate surface area is 158 Å². The van der Waals surface area contributed by atoms with E-state index in [0.29, 0.717) is 29.0 Å². The molecule has 2 N–H and O–H groups in total. The molecular formula is C18H15ClF3N5. The Morgan fingerprint density at radius 1 is 1.04 bits per heavy atom. The smallest absolute Gasteiger partial charge is 0.353 e. The molecule has 1 heterocycles. The Kier molecular flexibility index (Phi) is 5.75. The Hall–Kier alpha value is -2.87. The van der Waals surface area contributed by atoms with Crippen molar-refractivity contribution in [1.29, 1.82) is 0 Å². The predicted molar refractivity (Wildman–Crippen MR) is 98.2 cm³/mol. The molecule has 2 aromatic carbocycles. The molecule has 0 atom stereocenters. The van der Waals surface area contributed by atoms with Gasteiger partial charge in [0.05, 0.1) is 11.8 Å². The van der Waals surface area contributed by atoms with Crippen LogP contribution in [-0.2, 0) is 12.6 Å². The van der Waals surface area contributed by atoms with Crippen molar-refractivity contribution < 1.29 is 13.2 Å². The molecule has 5 nitrogen and oxygen atoms in total. The summed E-state index contributed by atoms with van der Waals surface area (Å²) in [5, 5.41) is 14.4. The maximum Gasteiger partial charge on any atom is 0.416 e. The summed E-state index contributed by atoms with van der Waals surface area (Å²) in [5.41, 5.74) is 0.826. The maximum atomic E-state index is 12.6. The summed E-state index contributed by atoms with van der Waals surface area (Å²) in [6, 6.07) is 12.2. The zero-order valence-electron chi connectivity index (χ0n) is 14.0. The fourth-order valence-corrected chi connectivity index (χ4v) is 2.55. The van der Waals surface area contributed by atoms with Crippen LogP contribution in [0.2, 0.25) is 5.02 Å². The number of nitrogens with zero attached hydrogens (tertiary/aromatic N) is 3. The van der Waals surface area contributed by atoms with E-state index in [9.17, 15) is 13.2 Å². The summed E-state index contributed by atoms with van der Waals surface area (Å²) in [6.07, 6.45) is -2.25. The summed E-state index contributed by atoms with van der Waals surface area (Å²) in [6.45, 7) is 0.575. The molecule has 0 spiro atoms. The van der Waals surface area contributed by atoms with E-state index in [1.165, 1.54) is 18.3 Å². The van der Waals surface area contributed by atoms with Crippen molar-refractivity contribution in [3.05, 3.63) is 70.9 Å². The molecule has 0 amide bonds. The second kappa shape index (κ2) is 8.22. The van der Waals surface area contributed by atoms with Crippen molar-refractivity contribution in [2.24, 2.45) is 0 Å². The van der Waals surface area contributed by atoms with Gasteiger partial charge in [0.25, 0.3) is 0 Å². The molecule has 0 aliphatic rings. The van der Waals surface area contributed by atoms with Gasteiger partial charge in [0, 0.05) is 17.3 Å². The third-order valence-electron chi connectivity index (χ3n) is 3.63. The molecule has 3 rings (SSSR count). The third-order valence-corrected chi connectivity index (χ3v) is 3.86. The zero-order chi connectivity index (χ0) is 19.3. The van der Waals surface area contributed by atoms with Crippen LogP contribution >= 0.6 is 11.6 Å². The SMILES string of the molecule is FC(F)(F)c1ccc(Nc2cnnc(NCCc3cccc(Cl)c3)n2)cc1. The van der Waals surface area contributed by atoms with Crippen LogP contribution in [0.3, 0.4) is 0 Å². The lowest BCUT2D eigenvalue weighted by molar-refractivity contribution is -0.137. The number of hydrogen-bond acceptors (Lipinski definition) is 5. The number of hydrogen-bond donors (Lipinski definition) is 2. The molecule has 0 fully saturated rings. The lowest BCUT2D eigenvalue weighted by Gasteiger charge is -2.10. The second-order valence-corrected chi connectivity index (χ2v) is 6.11. The second-order valence-electron chi connectivity index (χ2n) is 5.67. The van der Waals surface area contributed by atoms with E-state index in [0.717, 1.165) is 24.1 Å². The molecule has 0 aliphatic carbocycles. The van der Waals surface area contributed by atoms with Crippen LogP contribution in [0, 0.1) is 0 Å². The van der Waals surface area contributed by atoms with Crippen LogP contribution < -0.4 is 10.6 Å². The van der Waals surface area contributed by atoms with Crippen LogP contribution in [0.4, 0.5) is 30.6 Å². The lowest BCUT2D eigenvalue weighted by Crippen LogP contribution is -2.09. The summed E-state index contributed by atoms with van der Waals surface area (Å²) in [4.78, 5) is 4.24. The van der Waals surface area contributed by atoms with E-state index in [4.69, 9.17) is 11.6 Å². The third kappa shape index (κ3) is 5.55. The Morgan fingerprint density at radius 2 is 1.81 bits per heavy atom. The average molecular weight is 394 g/mol.